The van der Waals surface area contributed by atoms with Crippen molar-refractivity contribution in [3.05, 3.63) is 11.6 Å². The number of aliphatic hydroxyl groups excluding tert-OH is 2. The van der Waals surface area contributed by atoms with Crippen LogP contribution in [0.5, 0.6) is 0 Å². The molecule has 0 amide bonds. The summed E-state index contributed by atoms with van der Waals surface area (Å²) in [6.07, 6.45) is 12.7. The molecular weight excluding hydrogens is 436 g/mol. The van der Waals surface area contributed by atoms with Crippen molar-refractivity contribution in [2.75, 3.05) is 13.7 Å². The Morgan fingerprint density at radius 2 is 1.69 bits per heavy atom. The van der Waals surface area contributed by atoms with Crippen molar-refractivity contribution < 1.29 is 19.7 Å². The van der Waals surface area contributed by atoms with E-state index >= 15 is 0 Å². The van der Waals surface area contributed by atoms with E-state index in [0.29, 0.717) is 23.9 Å². The van der Waals surface area contributed by atoms with Crippen molar-refractivity contribution >= 4 is 0 Å². The standard InChI is InChI=1S/C31H50O4/c1-26-16-20-19-8-9-22-28(3)12-11-23(33)29(4,18-32)21(28)10-13-31(22,6)30(19,5)15-14-27(20,2)24(17-26)35-25(26)34-7/h8,20-25,32-33H,9-18H2,1-7H3/t20-,21+,22+,23-,24+,25+,26+,27+,28-,29+,30+,31+/m0/s1. The zero-order valence-electron chi connectivity index (χ0n) is 23.3. The second-order valence-electron chi connectivity index (χ2n) is 15.3. The Kier molecular flexibility index (Phi) is 5.24. The topological polar surface area (TPSA) is 58.9 Å². The first kappa shape index (κ1) is 24.9. The highest BCUT2D eigenvalue weighted by Crippen LogP contribution is 2.76. The molecule has 4 heteroatoms. The number of methoxy groups -OCH3 is 1. The molecule has 0 radical (unpaired) electrons. The molecule has 4 nitrogen and oxygen atoms in total. The number of aliphatic hydroxyl groups is 2. The number of rotatable bonds is 2. The molecule has 2 N–H and O–H groups in total. The fourth-order valence-corrected chi connectivity index (χ4v) is 11.6. The second kappa shape index (κ2) is 7.36. The van der Waals surface area contributed by atoms with Gasteiger partial charge in [-0.05, 0) is 91.8 Å². The highest BCUT2D eigenvalue weighted by molar-refractivity contribution is 5.34. The average Bonchev–Trinajstić information content (AvgIpc) is 3.12. The van der Waals surface area contributed by atoms with Crippen LogP contribution in [0.25, 0.3) is 0 Å². The minimum atomic E-state index is -0.386. The summed E-state index contributed by atoms with van der Waals surface area (Å²) in [6, 6.07) is 0. The minimum Gasteiger partial charge on any atom is -0.396 e. The third kappa shape index (κ3) is 2.79. The predicted molar refractivity (Wildman–Crippen MR) is 138 cm³/mol. The van der Waals surface area contributed by atoms with Crippen LogP contribution in [0, 0.1) is 50.2 Å². The van der Waals surface area contributed by atoms with E-state index in [1.165, 1.54) is 25.7 Å². The molecule has 1 heterocycles. The first-order valence-corrected chi connectivity index (χ1v) is 14.5. The lowest BCUT2D eigenvalue weighted by atomic mass is 9.33. The van der Waals surface area contributed by atoms with Crippen LogP contribution >= 0.6 is 0 Å². The van der Waals surface area contributed by atoms with Crippen LogP contribution in [0.1, 0.15) is 99.3 Å². The Morgan fingerprint density at radius 3 is 2.37 bits per heavy atom. The summed E-state index contributed by atoms with van der Waals surface area (Å²) in [5.41, 5.74) is 2.28. The van der Waals surface area contributed by atoms with Gasteiger partial charge in [-0.1, -0.05) is 53.2 Å². The molecule has 0 unspecified atom stereocenters. The number of allylic oxidation sites excluding steroid dienone is 2. The van der Waals surface area contributed by atoms with E-state index in [-0.39, 0.29) is 51.5 Å². The van der Waals surface area contributed by atoms with Gasteiger partial charge in [-0.2, -0.15) is 0 Å². The van der Waals surface area contributed by atoms with E-state index in [1.54, 1.807) is 5.57 Å². The summed E-state index contributed by atoms with van der Waals surface area (Å²) in [4.78, 5) is 0. The summed E-state index contributed by atoms with van der Waals surface area (Å²) in [5.74, 6) is 1.56. The van der Waals surface area contributed by atoms with Gasteiger partial charge in [0.15, 0.2) is 6.29 Å². The van der Waals surface area contributed by atoms with Gasteiger partial charge in [-0.15, -0.1) is 0 Å². The molecule has 1 aliphatic heterocycles. The highest BCUT2D eigenvalue weighted by Gasteiger charge is 2.70. The second-order valence-corrected chi connectivity index (χ2v) is 15.3. The largest absolute Gasteiger partial charge is 0.396 e. The Hall–Kier alpha value is -0.420. The van der Waals surface area contributed by atoms with Crippen molar-refractivity contribution in [2.45, 2.75) is 118 Å². The molecule has 0 aromatic heterocycles. The van der Waals surface area contributed by atoms with Crippen molar-refractivity contribution in [3.63, 3.8) is 0 Å². The molecule has 35 heavy (non-hydrogen) atoms. The summed E-state index contributed by atoms with van der Waals surface area (Å²) in [7, 11) is 1.82. The lowest BCUT2D eigenvalue weighted by Gasteiger charge is -2.71. The molecule has 5 aliphatic carbocycles. The molecule has 6 rings (SSSR count). The molecule has 6 aliphatic rings. The summed E-state index contributed by atoms with van der Waals surface area (Å²) in [6.45, 7) is 14.9. The minimum absolute atomic E-state index is 0.0760. The van der Waals surface area contributed by atoms with Crippen molar-refractivity contribution in [1.82, 2.24) is 0 Å². The number of ether oxygens (including phenoxy) is 2. The first-order valence-electron chi connectivity index (χ1n) is 14.5. The van der Waals surface area contributed by atoms with Gasteiger partial charge < -0.3 is 19.7 Å². The lowest BCUT2D eigenvalue weighted by molar-refractivity contribution is -0.216. The van der Waals surface area contributed by atoms with E-state index in [2.05, 4.69) is 47.6 Å². The van der Waals surface area contributed by atoms with Gasteiger partial charge >= 0.3 is 0 Å². The summed E-state index contributed by atoms with van der Waals surface area (Å²) < 4.78 is 12.5. The van der Waals surface area contributed by atoms with Crippen LogP contribution in [-0.4, -0.2) is 42.4 Å². The van der Waals surface area contributed by atoms with Gasteiger partial charge in [0, 0.05) is 23.4 Å². The SMILES string of the molecule is CO[C@@H]1O[C@@H]2C[C@@]1(C)C[C@H]1C3=CC[C@@H]4[C@@]5(C)CC[C@H](O)[C@](C)(CO)[C@@H]5CC[C@@]4(C)[C@]3(C)CC[C@@]21C. The Balaban J connectivity index is 1.41. The molecule has 0 aromatic rings. The van der Waals surface area contributed by atoms with E-state index < -0.39 is 0 Å². The van der Waals surface area contributed by atoms with Gasteiger partial charge in [0.2, 0.25) is 0 Å². The normalized spacial score (nSPS) is 61.2. The van der Waals surface area contributed by atoms with E-state index in [9.17, 15) is 10.2 Å². The molecule has 0 spiro atoms. The smallest absolute Gasteiger partial charge is 0.162 e. The molecule has 2 bridgehead atoms. The van der Waals surface area contributed by atoms with Crippen LogP contribution < -0.4 is 0 Å². The molecule has 5 fully saturated rings. The third-order valence-electron chi connectivity index (χ3n) is 14.1. The van der Waals surface area contributed by atoms with Crippen LogP contribution in [-0.2, 0) is 9.47 Å². The Morgan fingerprint density at radius 1 is 0.943 bits per heavy atom. The molecule has 198 valence electrons. The average molecular weight is 487 g/mol. The van der Waals surface area contributed by atoms with E-state index in [4.69, 9.17) is 9.47 Å². The monoisotopic (exact) mass is 486 g/mol. The van der Waals surface area contributed by atoms with Crippen molar-refractivity contribution in [3.8, 4) is 0 Å². The molecule has 4 saturated carbocycles. The Labute approximate surface area is 213 Å². The number of fused-ring (bicyclic) bond motifs is 10. The van der Waals surface area contributed by atoms with Crippen molar-refractivity contribution in [1.29, 1.82) is 0 Å². The summed E-state index contributed by atoms with van der Waals surface area (Å²) >= 11 is 0. The van der Waals surface area contributed by atoms with Crippen LogP contribution in [0.3, 0.4) is 0 Å². The van der Waals surface area contributed by atoms with Gasteiger partial charge in [0.1, 0.15) is 0 Å². The van der Waals surface area contributed by atoms with Crippen LogP contribution in [0.4, 0.5) is 0 Å². The molecule has 0 aromatic carbocycles. The zero-order chi connectivity index (χ0) is 25.2. The van der Waals surface area contributed by atoms with Crippen LogP contribution in [0.2, 0.25) is 0 Å². The lowest BCUT2D eigenvalue weighted by Crippen LogP contribution is -2.65. The zero-order valence-corrected chi connectivity index (χ0v) is 23.3. The quantitative estimate of drug-likeness (QED) is 0.463. The van der Waals surface area contributed by atoms with Gasteiger partial charge in [0.05, 0.1) is 18.8 Å². The predicted octanol–water partition coefficient (Wildman–Crippen LogP) is 6.10. The maximum Gasteiger partial charge on any atom is 0.162 e. The maximum atomic E-state index is 11.0. The Bertz CT molecular complexity index is 931. The number of hydrogen-bond donors (Lipinski definition) is 2. The van der Waals surface area contributed by atoms with Gasteiger partial charge in [-0.25, -0.2) is 0 Å². The van der Waals surface area contributed by atoms with Gasteiger partial charge in [-0.3, -0.25) is 0 Å². The maximum absolute atomic E-state index is 11.0. The first-order chi connectivity index (χ1) is 16.3. The van der Waals surface area contributed by atoms with Crippen LogP contribution in [0.15, 0.2) is 11.6 Å². The van der Waals surface area contributed by atoms with Crippen molar-refractivity contribution in [2.24, 2.45) is 50.2 Å². The fraction of sp³-hybridized carbons (Fsp3) is 0.935. The van der Waals surface area contributed by atoms with E-state index in [1.807, 2.05) is 7.11 Å². The molecule has 1 saturated heterocycles. The fourth-order valence-electron chi connectivity index (χ4n) is 11.6. The highest BCUT2D eigenvalue weighted by atomic mass is 16.7. The summed E-state index contributed by atoms with van der Waals surface area (Å²) in [5, 5.41) is 21.4. The van der Waals surface area contributed by atoms with Gasteiger partial charge in [0.25, 0.3) is 0 Å². The number of hydrogen-bond acceptors (Lipinski definition) is 4. The molecular formula is C31H50O4. The van der Waals surface area contributed by atoms with E-state index in [0.717, 1.165) is 32.1 Å². The molecule has 12 atom stereocenters. The third-order valence-corrected chi connectivity index (χ3v) is 14.1.